The number of halogens is 1. The molecule has 0 atom stereocenters. The van der Waals surface area contributed by atoms with Crippen LogP contribution >= 0.6 is 15.9 Å². The number of hydrogen-bond donors (Lipinski definition) is 0. The molecule has 0 saturated carbocycles. The molecule has 3 rings (SSSR count). The lowest BCUT2D eigenvalue weighted by molar-refractivity contribution is 0.103. The van der Waals surface area contributed by atoms with Crippen LogP contribution in [0.2, 0.25) is 0 Å². The summed E-state index contributed by atoms with van der Waals surface area (Å²) >= 11 is 3.28. The van der Waals surface area contributed by atoms with E-state index in [2.05, 4.69) is 15.9 Å². The molecule has 108 valence electrons. The van der Waals surface area contributed by atoms with E-state index < -0.39 is 5.63 Å². The van der Waals surface area contributed by atoms with Crippen LogP contribution in [-0.2, 0) is 0 Å². The molecular formula is C18H11BrO3. The lowest BCUT2D eigenvalue weighted by atomic mass is 10.0. The maximum Gasteiger partial charge on any atom is 0.343 e. The highest BCUT2D eigenvalue weighted by molar-refractivity contribution is 9.10. The van der Waals surface area contributed by atoms with Crippen molar-refractivity contribution in [3.63, 3.8) is 0 Å². The molecule has 1 heterocycles. The van der Waals surface area contributed by atoms with Gasteiger partial charge in [0, 0.05) is 11.1 Å². The van der Waals surface area contributed by atoms with E-state index in [0.29, 0.717) is 26.7 Å². The molecule has 22 heavy (non-hydrogen) atoms. The van der Waals surface area contributed by atoms with Crippen molar-refractivity contribution in [1.82, 2.24) is 0 Å². The first-order chi connectivity index (χ1) is 10.6. The molecule has 0 unspecified atom stereocenters. The summed E-state index contributed by atoms with van der Waals surface area (Å²) in [6.45, 7) is 0. The zero-order valence-electron chi connectivity index (χ0n) is 11.5. The Hall–Kier alpha value is -2.46. The first kappa shape index (κ1) is 14.5. The van der Waals surface area contributed by atoms with E-state index in [9.17, 15) is 9.59 Å². The van der Waals surface area contributed by atoms with Gasteiger partial charge in [0.05, 0.1) is 10.0 Å². The van der Waals surface area contributed by atoms with Crippen LogP contribution in [0.15, 0.2) is 80.6 Å². The van der Waals surface area contributed by atoms with Crippen LogP contribution in [0, 0.1) is 0 Å². The molecule has 0 saturated heterocycles. The van der Waals surface area contributed by atoms with Crippen LogP contribution in [-0.4, -0.2) is 5.78 Å². The zero-order chi connectivity index (χ0) is 15.5. The molecule has 4 heteroatoms. The molecule has 0 bridgehead atoms. The first-order valence-electron chi connectivity index (χ1n) is 6.64. The van der Waals surface area contributed by atoms with Crippen LogP contribution in [0.1, 0.15) is 15.9 Å². The minimum absolute atomic E-state index is 0.0478. The summed E-state index contributed by atoms with van der Waals surface area (Å²) in [5.41, 5.74) is 1.96. The Bertz CT molecular complexity index is 865. The summed E-state index contributed by atoms with van der Waals surface area (Å²) in [4.78, 5) is 24.1. The van der Waals surface area contributed by atoms with Crippen molar-refractivity contribution in [3.8, 4) is 11.1 Å². The van der Waals surface area contributed by atoms with Gasteiger partial charge < -0.3 is 4.42 Å². The van der Waals surface area contributed by atoms with E-state index in [1.165, 1.54) is 6.26 Å². The third kappa shape index (κ3) is 2.92. The Balaban J connectivity index is 1.95. The van der Waals surface area contributed by atoms with Gasteiger partial charge in [-0.15, -0.1) is 0 Å². The highest BCUT2D eigenvalue weighted by Gasteiger charge is 2.10. The number of ketones is 1. The van der Waals surface area contributed by atoms with Gasteiger partial charge in [0.1, 0.15) is 6.26 Å². The van der Waals surface area contributed by atoms with Gasteiger partial charge in [-0.1, -0.05) is 54.6 Å². The Morgan fingerprint density at radius 1 is 0.909 bits per heavy atom. The highest BCUT2D eigenvalue weighted by atomic mass is 79.9. The topological polar surface area (TPSA) is 47.3 Å². The average Bonchev–Trinajstić information content (AvgIpc) is 2.57. The predicted octanol–water partition coefficient (Wildman–Crippen LogP) is 4.30. The number of rotatable bonds is 3. The lowest BCUT2D eigenvalue weighted by Gasteiger charge is -2.04. The van der Waals surface area contributed by atoms with E-state index in [4.69, 9.17) is 4.42 Å². The van der Waals surface area contributed by atoms with Gasteiger partial charge in [0.2, 0.25) is 0 Å². The van der Waals surface area contributed by atoms with Crippen molar-refractivity contribution in [2.24, 2.45) is 0 Å². The van der Waals surface area contributed by atoms with Crippen LogP contribution < -0.4 is 5.63 Å². The molecule has 3 aromatic rings. The molecule has 0 aliphatic rings. The van der Waals surface area contributed by atoms with Crippen molar-refractivity contribution in [2.45, 2.75) is 0 Å². The van der Waals surface area contributed by atoms with Crippen LogP contribution in [0.4, 0.5) is 0 Å². The molecule has 1 aromatic heterocycles. The molecule has 0 amide bonds. The fourth-order valence-electron chi connectivity index (χ4n) is 2.16. The van der Waals surface area contributed by atoms with Gasteiger partial charge in [-0.05, 0) is 27.6 Å². The van der Waals surface area contributed by atoms with Gasteiger partial charge in [0.25, 0.3) is 0 Å². The predicted molar refractivity (Wildman–Crippen MR) is 88.0 cm³/mol. The second kappa shape index (κ2) is 6.12. The van der Waals surface area contributed by atoms with Gasteiger partial charge in [-0.2, -0.15) is 0 Å². The van der Waals surface area contributed by atoms with Crippen molar-refractivity contribution in [2.75, 3.05) is 0 Å². The normalized spacial score (nSPS) is 10.4. The SMILES string of the molecule is O=C(c1ccccc1)c1ccc(-c2cc(Br)coc2=O)cc1. The summed E-state index contributed by atoms with van der Waals surface area (Å²) in [5, 5.41) is 0. The maximum absolute atomic E-state index is 12.3. The molecule has 2 aromatic carbocycles. The molecule has 0 N–H and O–H groups in total. The van der Waals surface area contributed by atoms with E-state index in [1.807, 2.05) is 18.2 Å². The van der Waals surface area contributed by atoms with Crippen molar-refractivity contribution >= 4 is 21.7 Å². The van der Waals surface area contributed by atoms with E-state index in [-0.39, 0.29) is 5.78 Å². The molecule has 3 nitrogen and oxygen atoms in total. The fraction of sp³-hybridized carbons (Fsp3) is 0. The second-order valence-electron chi connectivity index (χ2n) is 4.74. The maximum atomic E-state index is 12.3. The minimum atomic E-state index is -0.412. The van der Waals surface area contributed by atoms with Gasteiger partial charge >= 0.3 is 5.63 Å². The molecule has 0 spiro atoms. The number of benzene rings is 2. The molecular weight excluding hydrogens is 344 g/mol. The quantitative estimate of drug-likeness (QED) is 0.658. The smallest absolute Gasteiger partial charge is 0.343 e. The van der Waals surface area contributed by atoms with E-state index >= 15 is 0 Å². The van der Waals surface area contributed by atoms with Gasteiger partial charge in [-0.25, -0.2) is 4.79 Å². The van der Waals surface area contributed by atoms with Crippen molar-refractivity contribution in [1.29, 1.82) is 0 Å². The van der Waals surface area contributed by atoms with Crippen LogP contribution in [0.5, 0.6) is 0 Å². The average molecular weight is 355 g/mol. The summed E-state index contributed by atoms with van der Waals surface area (Å²) in [7, 11) is 0. The third-order valence-electron chi connectivity index (χ3n) is 3.27. The third-order valence-corrected chi connectivity index (χ3v) is 3.69. The van der Waals surface area contributed by atoms with Crippen LogP contribution in [0.25, 0.3) is 11.1 Å². The molecule has 0 aliphatic carbocycles. The van der Waals surface area contributed by atoms with Gasteiger partial charge in [0.15, 0.2) is 5.78 Å². The summed E-state index contributed by atoms with van der Waals surface area (Å²) in [5.74, 6) is -0.0478. The molecule has 0 aliphatic heterocycles. The number of carbonyl (C=O) groups is 1. The fourth-order valence-corrected chi connectivity index (χ4v) is 2.49. The summed E-state index contributed by atoms with van der Waals surface area (Å²) < 4.78 is 5.61. The minimum Gasteiger partial charge on any atom is -0.430 e. The number of carbonyl (C=O) groups excluding carboxylic acids is 1. The zero-order valence-corrected chi connectivity index (χ0v) is 13.0. The van der Waals surface area contributed by atoms with E-state index in [1.54, 1.807) is 42.5 Å². The standard InChI is InChI=1S/C18H11BrO3/c19-15-10-16(18(21)22-11-15)12-6-8-14(9-7-12)17(20)13-4-2-1-3-5-13/h1-11H. The Kier molecular flexibility index (Phi) is 4.02. The van der Waals surface area contributed by atoms with Crippen molar-refractivity contribution < 1.29 is 9.21 Å². The Morgan fingerprint density at radius 3 is 2.23 bits per heavy atom. The van der Waals surface area contributed by atoms with Gasteiger partial charge in [-0.3, -0.25) is 4.79 Å². The Labute approximate surface area is 135 Å². The number of hydrogen-bond acceptors (Lipinski definition) is 3. The molecule has 0 fully saturated rings. The Morgan fingerprint density at radius 2 is 1.55 bits per heavy atom. The van der Waals surface area contributed by atoms with E-state index in [0.717, 1.165) is 0 Å². The molecule has 0 radical (unpaired) electrons. The van der Waals surface area contributed by atoms with Crippen LogP contribution in [0.3, 0.4) is 0 Å². The van der Waals surface area contributed by atoms with Crippen molar-refractivity contribution in [3.05, 3.63) is 92.9 Å². The monoisotopic (exact) mass is 354 g/mol. The summed E-state index contributed by atoms with van der Waals surface area (Å²) in [6, 6.07) is 17.7. The largest absolute Gasteiger partial charge is 0.430 e. The lowest BCUT2D eigenvalue weighted by Crippen LogP contribution is -2.03. The highest BCUT2D eigenvalue weighted by Crippen LogP contribution is 2.21. The summed E-state index contributed by atoms with van der Waals surface area (Å²) in [6.07, 6.45) is 1.35. The first-order valence-corrected chi connectivity index (χ1v) is 7.43. The second-order valence-corrected chi connectivity index (χ2v) is 5.65.